The third-order valence-corrected chi connectivity index (χ3v) is 5.12. The Bertz CT molecular complexity index is 803. The first kappa shape index (κ1) is 20.1. The minimum absolute atomic E-state index is 0.0150. The van der Waals surface area contributed by atoms with Gasteiger partial charge in [0, 0.05) is 30.3 Å². The molecule has 148 valence electrons. The van der Waals surface area contributed by atoms with Crippen LogP contribution in [0.1, 0.15) is 18.4 Å². The van der Waals surface area contributed by atoms with Gasteiger partial charge in [-0.2, -0.15) is 0 Å². The molecule has 0 spiro atoms. The Morgan fingerprint density at radius 2 is 1.68 bits per heavy atom. The predicted molar refractivity (Wildman–Crippen MR) is 108 cm³/mol. The summed E-state index contributed by atoms with van der Waals surface area (Å²) in [6.07, 6.45) is 1.99. The van der Waals surface area contributed by atoms with Crippen LogP contribution in [-0.2, 0) is 11.2 Å². The molecule has 1 aliphatic rings. The lowest BCUT2D eigenvalue weighted by Crippen LogP contribution is -2.43. The molecule has 0 saturated carbocycles. The van der Waals surface area contributed by atoms with Crippen LogP contribution in [-0.4, -0.2) is 36.5 Å². The smallest absolute Gasteiger partial charge is 0.321 e. The summed E-state index contributed by atoms with van der Waals surface area (Å²) in [5.74, 6) is -0.000216. The minimum atomic E-state index is -0.336. The van der Waals surface area contributed by atoms with E-state index in [1.807, 2.05) is 12.1 Å². The molecular formula is C21H23ClFN3O2. The molecule has 3 rings (SSSR count). The van der Waals surface area contributed by atoms with Crippen LogP contribution in [0.2, 0.25) is 5.02 Å². The highest BCUT2D eigenvalue weighted by atomic mass is 35.5. The third-order valence-electron chi connectivity index (χ3n) is 4.86. The van der Waals surface area contributed by atoms with Crippen molar-refractivity contribution < 1.29 is 14.0 Å². The zero-order valence-corrected chi connectivity index (χ0v) is 16.2. The van der Waals surface area contributed by atoms with Crippen LogP contribution in [0.3, 0.4) is 0 Å². The Hall–Kier alpha value is -2.60. The molecule has 1 saturated heterocycles. The summed E-state index contributed by atoms with van der Waals surface area (Å²) in [5, 5.41) is 6.41. The molecule has 0 atom stereocenters. The lowest BCUT2D eigenvalue weighted by molar-refractivity contribution is -0.120. The summed E-state index contributed by atoms with van der Waals surface area (Å²) >= 11 is 5.85. The van der Waals surface area contributed by atoms with Gasteiger partial charge in [0.1, 0.15) is 5.82 Å². The van der Waals surface area contributed by atoms with Gasteiger partial charge in [-0.25, -0.2) is 9.18 Å². The van der Waals surface area contributed by atoms with E-state index in [9.17, 15) is 14.0 Å². The number of rotatable bonds is 5. The Balaban J connectivity index is 1.37. The molecule has 2 N–H and O–H groups in total. The SMILES string of the molecule is O=C(Cc1ccc(Cl)cc1)NCC1CCN(C(=O)Nc2ccc(F)cc2)CC1. The zero-order chi connectivity index (χ0) is 19.9. The second kappa shape index (κ2) is 9.55. The highest BCUT2D eigenvalue weighted by Gasteiger charge is 2.23. The molecule has 1 heterocycles. The van der Waals surface area contributed by atoms with E-state index in [2.05, 4.69) is 10.6 Å². The van der Waals surface area contributed by atoms with E-state index in [1.54, 1.807) is 17.0 Å². The third kappa shape index (κ3) is 5.96. The maximum Gasteiger partial charge on any atom is 0.321 e. The molecule has 28 heavy (non-hydrogen) atoms. The number of urea groups is 1. The second-order valence-corrected chi connectivity index (χ2v) is 7.41. The fourth-order valence-electron chi connectivity index (χ4n) is 3.18. The molecule has 5 nitrogen and oxygen atoms in total. The van der Waals surface area contributed by atoms with Crippen LogP contribution >= 0.6 is 11.6 Å². The number of nitrogens with zero attached hydrogens (tertiary/aromatic N) is 1. The van der Waals surface area contributed by atoms with Crippen LogP contribution in [0, 0.1) is 11.7 Å². The van der Waals surface area contributed by atoms with Gasteiger partial charge in [0.15, 0.2) is 0 Å². The first-order chi connectivity index (χ1) is 13.5. The van der Waals surface area contributed by atoms with Crippen LogP contribution in [0.15, 0.2) is 48.5 Å². The Morgan fingerprint density at radius 1 is 1.04 bits per heavy atom. The van der Waals surface area contributed by atoms with E-state index in [-0.39, 0.29) is 17.8 Å². The highest BCUT2D eigenvalue weighted by molar-refractivity contribution is 6.30. The largest absolute Gasteiger partial charge is 0.356 e. The quantitative estimate of drug-likeness (QED) is 0.790. The standard InChI is InChI=1S/C21H23ClFN3O2/c22-17-3-1-15(2-4-17)13-20(27)24-14-16-9-11-26(12-10-16)21(28)25-19-7-5-18(23)6-8-19/h1-8,16H,9-14H2,(H,24,27)(H,25,28). The van der Waals surface area contributed by atoms with Gasteiger partial charge in [-0.1, -0.05) is 23.7 Å². The van der Waals surface area contributed by atoms with E-state index in [0.717, 1.165) is 18.4 Å². The number of amides is 3. The number of benzene rings is 2. The average Bonchev–Trinajstić information content (AvgIpc) is 2.70. The maximum atomic E-state index is 12.9. The monoisotopic (exact) mass is 403 g/mol. The Kier molecular flexibility index (Phi) is 6.87. The topological polar surface area (TPSA) is 61.4 Å². The Morgan fingerprint density at radius 3 is 2.32 bits per heavy atom. The van der Waals surface area contributed by atoms with Crippen molar-refractivity contribution in [1.82, 2.24) is 10.2 Å². The maximum absolute atomic E-state index is 12.9. The summed E-state index contributed by atoms with van der Waals surface area (Å²) in [4.78, 5) is 26.1. The van der Waals surface area contributed by atoms with Crippen molar-refractivity contribution in [3.8, 4) is 0 Å². The molecule has 3 amide bonds. The number of anilines is 1. The summed E-state index contributed by atoms with van der Waals surface area (Å²) < 4.78 is 12.9. The normalized spacial score (nSPS) is 14.6. The zero-order valence-electron chi connectivity index (χ0n) is 15.5. The summed E-state index contributed by atoms with van der Waals surface area (Å²) in [6.45, 7) is 1.87. The van der Waals surface area contributed by atoms with E-state index in [4.69, 9.17) is 11.6 Å². The average molecular weight is 404 g/mol. The van der Waals surface area contributed by atoms with Crippen molar-refractivity contribution in [1.29, 1.82) is 0 Å². The molecule has 1 aliphatic heterocycles. The summed E-state index contributed by atoms with van der Waals surface area (Å²) in [7, 11) is 0. The number of hydrogen-bond acceptors (Lipinski definition) is 2. The van der Waals surface area contributed by atoms with E-state index in [0.29, 0.717) is 42.7 Å². The fraction of sp³-hybridized carbons (Fsp3) is 0.333. The van der Waals surface area contributed by atoms with Gasteiger partial charge in [-0.3, -0.25) is 4.79 Å². The van der Waals surface area contributed by atoms with Crippen molar-refractivity contribution in [2.75, 3.05) is 25.0 Å². The number of carbonyl (C=O) groups is 2. The number of carbonyl (C=O) groups excluding carboxylic acids is 2. The number of likely N-dealkylation sites (tertiary alicyclic amines) is 1. The second-order valence-electron chi connectivity index (χ2n) is 6.97. The molecule has 0 unspecified atom stereocenters. The molecule has 0 radical (unpaired) electrons. The summed E-state index contributed by atoms with van der Waals surface area (Å²) in [6, 6.07) is 12.8. The number of nitrogens with one attached hydrogen (secondary N) is 2. The molecular weight excluding hydrogens is 381 g/mol. The lowest BCUT2D eigenvalue weighted by atomic mass is 9.97. The Labute approximate surface area is 168 Å². The van der Waals surface area contributed by atoms with Crippen molar-refractivity contribution in [3.05, 3.63) is 64.9 Å². The number of hydrogen-bond donors (Lipinski definition) is 2. The van der Waals surface area contributed by atoms with Crippen molar-refractivity contribution in [2.24, 2.45) is 5.92 Å². The molecule has 0 aromatic heterocycles. The molecule has 2 aromatic rings. The lowest BCUT2D eigenvalue weighted by Gasteiger charge is -2.32. The fourth-order valence-corrected chi connectivity index (χ4v) is 3.31. The molecule has 0 aliphatic carbocycles. The number of halogens is 2. The molecule has 7 heteroatoms. The predicted octanol–water partition coefficient (Wildman–Crippen LogP) is 4.08. The molecule has 2 aromatic carbocycles. The van der Waals surface area contributed by atoms with Crippen LogP contribution in [0.4, 0.5) is 14.9 Å². The molecule has 0 bridgehead atoms. The van der Waals surface area contributed by atoms with Crippen molar-refractivity contribution >= 4 is 29.2 Å². The number of piperidine rings is 1. The van der Waals surface area contributed by atoms with Gasteiger partial charge in [-0.05, 0) is 60.7 Å². The van der Waals surface area contributed by atoms with Gasteiger partial charge < -0.3 is 15.5 Å². The highest BCUT2D eigenvalue weighted by Crippen LogP contribution is 2.18. The van der Waals surface area contributed by atoms with E-state index < -0.39 is 0 Å². The van der Waals surface area contributed by atoms with Gasteiger partial charge in [-0.15, -0.1) is 0 Å². The van der Waals surface area contributed by atoms with Crippen LogP contribution < -0.4 is 10.6 Å². The van der Waals surface area contributed by atoms with Crippen LogP contribution in [0.5, 0.6) is 0 Å². The van der Waals surface area contributed by atoms with Crippen molar-refractivity contribution in [3.63, 3.8) is 0 Å². The minimum Gasteiger partial charge on any atom is -0.356 e. The van der Waals surface area contributed by atoms with E-state index in [1.165, 1.54) is 24.3 Å². The summed E-state index contributed by atoms with van der Waals surface area (Å²) in [5.41, 5.74) is 1.50. The molecule has 1 fully saturated rings. The van der Waals surface area contributed by atoms with Gasteiger partial charge in [0.2, 0.25) is 5.91 Å². The van der Waals surface area contributed by atoms with Crippen LogP contribution in [0.25, 0.3) is 0 Å². The van der Waals surface area contributed by atoms with Gasteiger partial charge in [0.25, 0.3) is 0 Å². The van der Waals surface area contributed by atoms with Gasteiger partial charge in [0.05, 0.1) is 6.42 Å². The van der Waals surface area contributed by atoms with Crippen molar-refractivity contribution in [2.45, 2.75) is 19.3 Å². The first-order valence-corrected chi connectivity index (χ1v) is 9.70. The van der Waals surface area contributed by atoms with E-state index >= 15 is 0 Å². The first-order valence-electron chi connectivity index (χ1n) is 9.32. The van der Waals surface area contributed by atoms with Gasteiger partial charge >= 0.3 is 6.03 Å².